The molecule has 4 saturated carbocycles. The highest BCUT2D eigenvalue weighted by Gasteiger charge is 2.62. The van der Waals surface area contributed by atoms with E-state index >= 15 is 0 Å². The summed E-state index contributed by atoms with van der Waals surface area (Å²) in [6.07, 6.45) is 8.85. The minimum absolute atomic E-state index is 0.118. The van der Waals surface area contributed by atoms with Crippen LogP contribution in [0.4, 0.5) is 0 Å². The molecular formula is C20H32O2. The second kappa shape index (κ2) is 4.82. The molecule has 2 heteroatoms. The zero-order valence-electron chi connectivity index (χ0n) is 14.5. The molecule has 0 heterocycles. The molecule has 0 bridgehead atoms. The highest BCUT2D eigenvalue weighted by molar-refractivity contribution is 5.87. The average Bonchev–Trinajstić information content (AvgIpc) is 2.77. The molecule has 0 aromatic heterocycles. The van der Waals surface area contributed by atoms with Gasteiger partial charge in [-0.05, 0) is 73.5 Å². The van der Waals surface area contributed by atoms with Crippen molar-refractivity contribution in [3.05, 3.63) is 0 Å². The van der Waals surface area contributed by atoms with Crippen molar-refractivity contribution >= 4 is 5.78 Å². The zero-order valence-corrected chi connectivity index (χ0v) is 14.5. The number of ketones is 1. The molecule has 22 heavy (non-hydrogen) atoms. The van der Waals surface area contributed by atoms with Gasteiger partial charge in [-0.25, -0.2) is 0 Å². The second-order valence-corrected chi connectivity index (χ2v) is 9.59. The lowest BCUT2D eigenvalue weighted by atomic mass is 9.44. The first kappa shape index (κ1) is 15.2. The van der Waals surface area contributed by atoms with Crippen molar-refractivity contribution in [3.8, 4) is 0 Å². The SMILES string of the molecule is C[C@H]1CC[C@]2(C)C3CC[C@]4(C)C(=O)CCC4C3[C@@H](O)C[C@H]2C1. The van der Waals surface area contributed by atoms with E-state index in [0.717, 1.165) is 31.6 Å². The van der Waals surface area contributed by atoms with Gasteiger partial charge < -0.3 is 5.11 Å². The van der Waals surface area contributed by atoms with Crippen LogP contribution in [-0.2, 0) is 4.79 Å². The number of Topliss-reactive ketones (excluding diaryl/α,β-unsaturated/α-hetero) is 1. The Balaban J connectivity index is 1.69. The summed E-state index contributed by atoms with van der Waals surface area (Å²) >= 11 is 0. The quantitative estimate of drug-likeness (QED) is 0.728. The van der Waals surface area contributed by atoms with Gasteiger partial charge in [0, 0.05) is 11.8 Å². The fraction of sp³-hybridized carbons (Fsp3) is 0.950. The third kappa shape index (κ3) is 1.85. The predicted octanol–water partition coefficient (Wildman–Crippen LogP) is 4.21. The highest BCUT2D eigenvalue weighted by atomic mass is 16.3. The first-order valence-electron chi connectivity index (χ1n) is 9.57. The summed E-state index contributed by atoms with van der Waals surface area (Å²) in [6, 6.07) is 0. The van der Waals surface area contributed by atoms with Gasteiger partial charge in [-0.3, -0.25) is 4.79 Å². The summed E-state index contributed by atoms with van der Waals surface area (Å²) in [4.78, 5) is 12.4. The Hall–Kier alpha value is -0.370. The van der Waals surface area contributed by atoms with Crippen LogP contribution in [0.3, 0.4) is 0 Å². The first-order chi connectivity index (χ1) is 10.4. The minimum Gasteiger partial charge on any atom is -0.393 e. The fourth-order valence-electron chi connectivity index (χ4n) is 7.21. The first-order valence-corrected chi connectivity index (χ1v) is 9.57. The Kier molecular flexibility index (Phi) is 3.32. The van der Waals surface area contributed by atoms with Gasteiger partial charge in [-0.15, -0.1) is 0 Å². The van der Waals surface area contributed by atoms with Crippen LogP contribution in [0, 0.1) is 40.4 Å². The normalized spacial score (nSPS) is 57.9. The van der Waals surface area contributed by atoms with E-state index in [0.29, 0.717) is 34.9 Å². The van der Waals surface area contributed by atoms with Crippen molar-refractivity contribution in [1.29, 1.82) is 0 Å². The van der Waals surface area contributed by atoms with Gasteiger partial charge in [-0.2, -0.15) is 0 Å². The molecule has 4 aliphatic carbocycles. The van der Waals surface area contributed by atoms with Gasteiger partial charge in [0.15, 0.2) is 0 Å². The van der Waals surface area contributed by atoms with Crippen molar-refractivity contribution in [3.63, 3.8) is 0 Å². The van der Waals surface area contributed by atoms with Crippen LogP contribution in [0.5, 0.6) is 0 Å². The van der Waals surface area contributed by atoms with E-state index in [4.69, 9.17) is 0 Å². The number of hydrogen-bond acceptors (Lipinski definition) is 2. The summed E-state index contributed by atoms with van der Waals surface area (Å²) in [5, 5.41) is 11.0. The number of carbonyl (C=O) groups is 1. The molecule has 0 saturated heterocycles. The Bertz CT molecular complexity index is 486. The molecule has 4 aliphatic rings. The largest absolute Gasteiger partial charge is 0.393 e. The molecule has 3 unspecified atom stereocenters. The standard InChI is InChI=1S/C20H32O2/c1-12-6-8-19(2)13(10-12)11-16(21)18-14-4-5-17(22)20(14,3)9-7-15(18)19/h12-16,18,21H,4-11H2,1-3H3/t12-,13+,14?,15?,16-,18?,19-,20-/m0/s1. The van der Waals surface area contributed by atoms with Crippen molar-refractivity contribution in [2.75, 3.05) is 0 Å². The summed E-state index contributed by atoms with van der Waals surface area (Å²) < 4.78 is 0. The lowest BCUT2D eigenvalue weighted by Crippen LogP contribution is -2.58. The predicted molar refractivity (Wildman–Crippen MR) is 87.3 cm³/mol. The molecule has 0 amide bonds. The monoisotopic (exact) mass is 304 g/mol. The summed E-state index contributed by atoms with van der Waals surface area (Å²) in [6.45, 7) is 7.10. The van der Waals surface area contributed by atoms with Crippen LogP contribution in [-0.4, -0.2) is 17.0 Å². The van der Waals surface area contributed by atoms with Crippen molar-refractivity contribution < 1.29 is 9.90 Å². The summed E-state index contributed by atoms with van der Waals surface area (Å²) in [5.41, 5.74) is 0.302. The Labute approximate surface area is 135 Å². The van der Waals surface area contributed by atoms with Gasteiger partial charge >= 0.3 is 0 Å². The lowest BCUT2D eigenvalue weighted by molar-refractivity contribution is -0.166. The van der Waals surface area contributed by atoms with Crippen LogP contribution >= 0.6 is 0 Å². The van der Waals surface area contributed by atoms with Crippen LogP contribution in [0.2, 0.25) is 0 Å². The van der Waals surface area contributed by atoms with E-state index in [1.165, 1.54) is 25.7 Å². The molecule has 0 radical (unpaired) electrons. The van der Waals surface area contributed by atoms with Crippen molar-refractivity contribution in [1.82, 2.24) is 0 Å². The van der Waals surface area contributed by atoms with E-state index in [9.17, 15) is 9.90 Å². The number of aliphatic hydroxyl groups is 1. The van der Waals surface area contributed by atoms with Crippen molar-refractivity contribution in [2.24, 2.45) is 40.4 Å². The zero-order chi connectivity index (χ0) is 15.7. The molecule has 1 N–H and O–H groups in total. The second-order valence-electron chi connectivity index (χ2n) is 9.59. The molecular weight excluding hydrogens is 272 g/mol. The van der Waals surface area contributed by atoms with Crippen LogP contribution < -0.4 is 0 Å². The molecule has 2 nitrogen and oxygen atoms in total. The molecule has 8 atom stereocenters. The van der Waals surface area contributed by atoms with Gasteiger partial charge in [0.25, 0.3) is 0 Å². The number of hydrogen-bond donors (Lipinski definition) is 1. The van der Waals surface area contributed by atoms with E-state index in [2.05, 4.69) is 20.8 Å². The molecule has 124 valence electrons. The number of aliphatic hydroxyl groups excluding tert-OH is 1. The van der Waals surface area contributed by atoms with Crippen molar-refractivity contribution in [2.45, 2.75) is 78.2 Å². The number of carbonyl (C=O) groups excluding carboxylic acids is 1. The minimum atomic E-state index is -0.163. The average molecular weight is 304 g/mol. The van der Waals surface area contributed by atoms with Crippen LogP contribution in [0.15, 0.2) is 0 Å². The van der Waals surface area contributed by atoms with Crippen LogP contribution in [0.1, 0.15) is 72.1 Å². The third-order valence-corrected chi connectivity index (χ3v) is 8.65. The van der Waals surface area contributed by atoms with E-state index in [-0.39, 0.29) is 11.5 Å². The van der Waals surface area contributed by atoms with E-state index < -0.39 is 0 Å². The number of rotatable bonds is 0. The maximum Gasteiger partial charge on any atom is 0.139 e. The molecule has 0 aromatic rings. The Morgan fingerprint density at radius 2 is 1.82 bits per heavy atom. The molecule has 0 spiro atoms. The maximum atomic E-state index is 12.4. The smallest absolute Gasteiger partial charge is 0.139 e. The molecule has 4 rings (SSSR count). The molecule has 0 aromatic carbocycles. The fourth-order valence-corrected chi connectivity index (χ4v) is 7.21. The van der Waals surface area contributed by atoms with Gasteiger partial charge in [0.1, 0.15) is 5.78 Å². The lowest BCUT2D eigenvalue weighted by Gasteiger charge is -2.61. The summed E-state index contributed by atoms with van der Waals surface area (Å²) in [7, 11) is 0. The number of fused-ring (bicyclic) bond motifs is 5. The van der Waals surface area contributed by atoms with E-state index in [1.807, 2.05) is 0 Å². The third-order valence-electron chi connectivity index (χ3n) is 8.65. The molecule has 4 fully saturated rings. The Morgan fingerprint density at radius 3 is 2.59 bits per heavy atom. The Morgan fingerprint density at radius 1 is 1.05 bits per heavy atom. The summed E-state index contributed by atoms with van der Waals surface area (Å²) in [5.74, 6) is 3.49. The molecule has 0 aliphatic heterocycles. The maximum absolute atomic E-state index is 12.4. The van der Waals surface area contributed by atoms with Gasteiger partial charge in [0.2, 0.25) is 0 Å². The van der Waals surface area contributed by atoms with Crippen LogP contribution in [0.25, 0.3) is 0 Å². The van der Waals surface area contributed by atoms with E-state index in [1.54, 1.807) is 0 Å². The topological polar surface area (TPSA) is 37.3 Å². The van der Waals surface area contributed by atoms with Gasteiger partial charge in [0.05, 0.1) is 6.10 Å². The van der Waals surface area contributed by atoms with Gasteiger partial charge in [-0.1, -0.05) is 27.2 Å². The highest BCUT2D eigenvalue weighted by Crippen LogP contribution is 2.65.